The standard InChI is InChI=1S/C15H14N2O4S/c1-7(2)20-14(19)8-3-4-11-9(5-8)6-10-12(18)16-15(22)17-13(10)21-11/h3-5,7H,6H2,1-2H3,(H2,16,17,18,22). The van der Waals surface area contributed by atoms with Crippen LogP contribution in [0.2, 0.25) is 0 Å². The van der Waals surface area contributed by atoms with Crippen LogP contribution in [-0.2, 0) is 11.2 Å². The minimum atomic E-state index is -0.398. The zero-order valence-electron chi connectivity index (χ0n) is 12.1. The Morgan fingerprint density at radius 2 is 2.14 bits per heavy atom. The zero-order valence-corrected chi connectivity index (χ0v) is 12.9. The summed E-state index contributed by atoms with van der Waals surface area (Å²) in [5.41, 5.74) is 1.34. The third-order valence-corrected chi connectivity index (χ3v) is 3.42. The van der Waals surface area contributed by atoms with Crippen molar-refractivity contribution >= 4 is 18.2 Å². The predicted molar refractivity (Wildman–Crippen MR) is 82.1 cm³/mol. The number of nitrogens with one attached hydrogen (secondary N) is 2. The Morgan fingerprint density at radius 3 is 2.86 bits per heavy atom. The van der Waals surface area contributed by atoms with Gasteiger partial charge in [0.1, 0.15) is 5.75 Å². The van der Waals surface area contributed by atoms with Crippen LogP contribution in [0.5, 0.6) is 11.6 Å². The Hall–Kier alpha value is -2.41. The van der Waals surface area contributed by atoms with Gasteiger partial charge in [0.2, 0.25) is 5.88 Å². The molecule has 2 aromatic rings. The highest BCUT2D eigenvalue weighted by Crippen LogP contribution is 2.33. The second-order valence-electron chi connectivity index (χ2n) is 5.27. The fraction of sp³-hybridized carbons (Fsp3) is 0.267. The minimum Gasteiger partial charge on any atom is -0.459 e. The lowest BCUT2D eigenvalue weighted by Crippen LogP contribution is -2.19. The first-order chi connectivity index (χ1) is 10.4. The van der Waals surface area contributed by atoms with Crippen molar-refractivity contribution in [2.24, 2.45) is 0 Å². The maximum absolute atomic E-state index is 11.9. The van der Waals surface area contributed by atoms with Gasteiger partial charge in [0.05, 0.1) is 17.2 Å². The van der Waals surface area contributed by atoms with Gasteiger partial charge in [0.15, 0.2) is 4.77 Å². The SMILES string of the molecule is CC(C)OC(=O)c1ccc2c(c1)Cc1c([nH]c(=S)[nH]c1=O)O2. The van der Waals surface area contributed by atoms with Gasteiger partial charge in [-0.2, -0.15) is 0 Å². The van der Waals surface area contributed by atoms with E-state index in [4.69, 9.17) is 21.7 Å². The predicted octanol–water partition coefficient (Wildman–Crippen LogP) is 2.69. The van der Waals surface area contributed by atoms with Gasteiger partial charge in [0.25, 0.3) is 5.56 Å². The van der Waals surface area contributed by atoms with Gasteiger partial charge in [-0.05, 0) is 44.3 Å². The van der Waals surface area contributed by atoms with Crippen LogP contribution < -0.4 is 10.3 Å². The lowest BCUT2D eigenvalue weighted by molar-refractivity contribution is 0.0378. The number of carbonyl (C=O) groups excluding carboxylic acids is 1. The molecular formula is C15H14N2O4S. The maximum Gasteiger partial charge on any atom is 0.338 e. The van der Waals surface area contributed by atoms with Crippen LogP contribution in [0.1, 0.15) is 35.3 Å². The highest BCUT2D eigenvalue weighted by Gasteiger charge is 2.22. The molecule has 3 rings (SSSR count). The second-order valence-corrected chi connectivity index (χ2v) is 5.68. The maximum atomic E-state index is 11.9. The molecular weight excluding hydrogens is 304 g/mol. The number of fused-ring (bicyclic) bond motifs is 2. The number of ether oxygens (including phenoxy) is 2. The number of H-pyrrole nitrogens is 2. The molecule has 0 unspecified atom stereocenters. The largest absolute Gasteiger partial charge is 0.459 e. The van der Waals surface area contributed by atoms with Crippen molar-refractivity contribution in [3.05, 3.63) is 50.0 Å². The first-order valence-corrected chi connectivity index (χ1v) is 7.22. The molecule has 2 N–H and O–H groups in total. The molecule has 0 saturated heterocycles. The number of aromatic nitrogens is 2. The van der Waals surface area contributed by atoms with E-state index in [-0.39, 0.29) is 16.4 Å². The Balaban J connectivity index is 1.98. The van der Waals surface area contributed by atoms with Gasteiger partial charge in [0, 0.05) is 12.0 Å². The van der Waals surface area contributed by atoms with Crippen LogP contribution in [0.3, 0.4) is 0 Å². The van der Waals surface area contributed by atoms with E-state index in [1.807, 2.05) is 0 Å². The van der Waals surface area contributed by atoms with Crippen molar-refractivity contribution in [1.29, 1.82) is 0 Å². The Labute approximate surface area is 131 Å². The Kier molecular flexibility index (Phi) is 3.58. The normalized spacial score (nSPS) is 12.3. The third-order valence-electron chi connectivity index (χ3n) is 3.22. The summed E-state index contributed by atoms with van der Waals surface area (Å²) in [5.74, 6) is 0.536. The van der Waals surface area contributed by atoms with Gasteiger partial charge in [-0.1, -0.05) is 0 Å². The summed E-state index contributed by atoms with van der Waals surface area (Å²) in [5, 5.41) is 0. The lowest BCUT2D eigenvalue weighted by atomic mass is 10.0. The molecule has 0 aliphatic carbocycles. The molecule has 0 radical (unpaired) electrons. The number of hydrogen-bond donors (Lipinski definition) is 2. The molecule has 22 heavy (non-hydrogen) atoms. The Bertz CT molecular complexity index is 867. The highest BCUT2D eigenvalue weighted by molar-refractivity contribution is 7.71. The van der Waals surface area contributed by atoms with Crippen LogP contribution in [-0.4, -0.2) is 22.0 Å². The third kappa shape index (κ3) is 2.67. The summed E-state index contributed by atoms with van der Waals surface area (Å²) in [4.78, 5) is 29.2. The molecule has 6 nitrogen and oxygen atoms in total. The summed E-state index contributed by atoms with van der Waals surface area (Å²) < 4.78 is 11.0. The second kappa shape index (κ2) is 5.42. The molecule has 0 bridgehead atoms. The fourth-order valence-corrected chi connectivity index (χ4v) is 2.45. The first kappa shape index (κ1) is 14.5. The highest BCUT2D eigenvalue weighted by atomic mass is 32.1. The average molecular weight is 318 g/mol. The van der Waals surface area contributed by atoms with E-state index in [9.17, 15) is 9.59 Å². The van der Waals surface area contributed by atoms with Gasteiger partial charge >= 0.3 is 5.97 Å². The number of hydrogen-bond acceptors (Lipinski definition) is 5. The Morgan fingerprint density at radius 1 is 1.36 bits per heavy atom. The first-order valence-electron chi connectivity index (χ1n) is 6.81. The molecule has 0 atom stereocenters. The number of benzene rings is 1. The summed E-state index contributed by atoms with van der Waals surface area (Å²) >= 11 is 4.93. The van der Waals surface area contributed by atoms with Crippen molar-refractivity contribution in [3.8, 4) is 11.6 Å². The molecule has 1 aromatic carbocycles. The van der Waals surface area contributed by atoms with Crippen LogP contribution in [0.4, 0.5) is 0 Å². The average Bonchev–Trinajstić information content (AvgIpc) is 2.44. The summed E-state index contributed by atoms with van der Waals surface area (Å²) in [6, 6.07) is 5.01. The van der Waals surface area contributed by atoms with Crippen molar-refractivity contribution in [2.45, 2.75) is 26.4 Å². The molecule has 0 fully saturated rings. The number of carbonyl (C=O) groups is 1. The van der Waals surface area contributed by atoms with E-state index in [1.165, 1.54) is 0 Å². The monoisotopic (exact) mass is 318 g/mol. The van der Waals surface area contributed by atoms with E-state index < -0.39 is 5.97 Å². The molecule has 1 aliphatic rings. The zero-order chi connectivity index (χ0) is 15.9. The van der Waals surface area contributed by atoms with E-state index in [0.29, 0.717) is 29.2 Å². The van der Waals surface area contributed by atoms with Gasteiger partial charge in [-0.25, -0.2) is 4.79 Å². The van der Waals surface area contributed by atoms with Gasteiger partial charge < -0.3 is 14.5 Å². The fourth-order valence-electron chi connectivity index (χ4n) is 2.27. The molecule has 1 aromatic heterocycles. The topological polar surface area (TPSA) is 84.2 Å². The molecule has 0 spiro atoms. The van der Waals surface area contributed by atoms with Crippen LogP contribution >= 0.6 is 12.2 Å². The van der Waals surface area contributed by atoms with Crippen LogP contribution in [0, 0.1) is 4.77 Å². The van der Waals surface area contributed by atoms with E-state index in [2.05, 4.69) is 9.97 Å². The number of esters is 1. The van der Waals surface area contributed by atoms with Gasteiger partial charge in [-0.3, -0.25) is 9.78 Å². The lowest BCUT2D eigenvalue weighted by Gasteiger charge is -2.19. The minimum absolute atomic E-state index is 0.191. The van der Waals surface area contributed by atoms with Crippen molar-refractivity contribution < 1.29 is 14.3 Å². The molecule has 7 heteroatoms. The molecule has 1 aliphatic heterocycles. The summed E-state index contributed by atoms with van der Waals surface area (Å²) in [6.07, 6.45) is 0.165. The van der Waals surface area contributed by atoms with Crippen LogP contribution in [0.15, 0.2) is 23.0 Å². The van der Waals surface area contributed by atoms with Gasteiger partial charge in [-0.15, -0.1) is 0 Å². The van der Waals surface area contributed by atoms with E-state index in [0.717, 1.165) is 5.56 Å². The van der Waals surface area contributed by atoms with Crippen molar-refractivity contribution in [2.75, 3.05) is 0 Å². The summed E-state index contributed by atoms with van der Waals surface area (Å²) in [7, 11) is 0. The number of rotatable bonds is 2. The quantitative estimate of drug-likeness (QED) is 0.560. The summed E-state index contributed by atoms with van der Waals surface area (Å²) in [6.45, 7) is 3.58. The van der Waals surface area contributed by atoms with Crippen molar-refractivity contribution in [3.63, 3.8) is 0 Å². The molecule has 114 valence electrons. The smallest absolute Gasteiger partial charge is 0.338 e. The molecule has 0 saturated carbocycles. The van der Waals surface area contributed by atoms with E-state index in [1.54, 1.807) is 32.0 Å². The van der Waals surface area contributed by atoms with Crippen molar-refractivity contribution in [1.82, 2.24) is 9.97 Å². The number of aromatic amines is 2. The van der Waals surface area contributed by atoms with Crippen LogP contribution in [0.25, 0.3) is 0 Å². The van der Waals surface area contributed by atoms with E-state index >= 15 is 0 Å². The molecule has 0 amide bonds. The molecule has 2 heterocycles.